The number of carbonyl (C=O) groups is 1. The van der Waals surface area contributed by atoms with E-state index in [1.54, 1.807) is 0 Å². The predicted octanol–water partition coefficient (Wildman–Crippen LogP) is 3.59. The molecule has 138 valence electrons. The molecule has 0 spiro atoms. The molecule has 25 heavy (non-hydrogen) atoms. The van der Waals surface area contributed by atoms with E-state index in [2.05, 4.69) is 10.3 Å². The Morgan fingerprint density at radius 1 is 1.24 bits per heavy atom. The van der Waals surface area contributed by atoms with Crippen molar-refractivity contribution in [3.05, 3.63) is 29.8 Å². The van der Waals surface area contributed by atoms with Gasteiger partial charge in [0.05, 0.1) is 17.6 Å². The first-order valence-electron chi connectivity index (χ1n) is 8.42. The van der Waals surface area contributed by atoms with Crippen LogP contribution in [0.3, 0.4) is 0 Å². The number of hydrogen-bond donors (Lipinski definition) is 2. The highest BCUT2D eigenvalue weighted by Crippen LogP contribution is 2.28. The Hall–Kier alpha value is -2.18. The van der Waals surface area contributed by atoms with Gasteiger partial charge in [-0.3, -0.25) is 4.79 Å². The SMILES string of the molecule is CC(C)(C)OC(=O)C1CCC(N=C(N)Nc2cc(F)ccc2F)CC1. The van der Waals surface area contributed by atoms with E-state index in [-0.39, 0.29) is 29.6 Å². The number of guanidine groups is 1. The van der Waals surface area contributed by atoms with E-state index < -0.39 is 17.2 Å². The number of nitrogens with zero attached hydrogens (tertiary/aromatic N) is 1. The summed E-state index contributed by atoms with van der Waals surface area (Å²) in [7, 11) is 0. The molecule has 5 nitrogen and oxygen atoms in total. The quantitative estimate of drug-likeness (QED) is 0.495. The minimum absolute atomic E-state index is 0.0326. The van der Waals surface area contributed by atoms with Crippen LogP contribution in [0.2, 0.25) is 0 Å². The van der Waals surface area contributed by atoms with Gasteiger partial charge in [-0.2, -0.15) is 0 Å². The highest BCUT2D eigenvalue weighted by atomic mass is 19.1. The van der Waals surface area contributed by atoms with Gasteiger partial charge in [0, 0.05) is 6.07 Å². The van der Waals surface area contributed by atoms with Gasteiger partial charge in [0.1, 0.15) is 17.2 Å². The number of aliphatic imine (C=N–C) groups is 1. The zero-order valence-electron chi connectivity index (χ0n) is 14.8. The molecule has 0 heterocycles. The van der Waals surface area contributed by atoms with Gasteiger partial charge in [0.15, 0.2) is 5.96 Å². The third kappa shape index (κ3) is 5.99. The van der Waals surface area contributed by atoms with Gasteiger partial charge in [0.2, 0.25) is 0 Å². The maximum Gasteiger partial charge on any atom is 0.309 e. The smallest absolute Gasteiger partial charge is 0.309 e. The molecule has 0 atom stereocenters. The van der Waals surface area contributed by atoms with E-state index in [4.69, 9.17) is 10.5 Å². The molecule has 0 radical (unpaired) electrons. The van der Waals surface area contributed by atoms with Gasteiger partial charge in [-0.05, 0) is 58.6 Å². The molecule has 1 aromatic rings. The molecule has 0 unspecified atom stereocenters. The molecule has 0 saturated heterocycles. The normalized spacial score (nSPS) is 21.7. The topological polar surface area (TPSA) is 76.7 Å². The second kappa shape index (κ2) is 7.80. The van der Waals surface area contributed by atoms with Gasteiger partial charge in [-0.1, -0.05) is 0 Å². The monoisotopic (exact) mass is 353 g/mol. The number of nitrogens with two attached hydrogens (primary N) is 1. The highest BCUT2D eigenvalue weighted by Gasteiger charge is 2.29. The summed E-state index contributed by atoms with van der Waals surface area (Å²) in [5, 5.41) is 2.58. The van der Waals surface area contributed by atoms with Crippen LogP contribution < -0.4 is 11.1 Å². The van der Waals surface area contributed by atoms with Gasteiger partial charge in [-0.25, -0.2) is 13.8 Å². The molecule has 0 bridgehead atoms. The van der Waals surface area contributed by atoms with Crippen LogP contribution in [0.15, 0.2) is 23.2 Å². The summed E-state index contributed by atoms with van der Waals surface area (Å²) in [6.45, 7) is 5.54. The van der Waals surface area contributed by atoms with Crippen molar-refractivity contribution >= 4 is 17.6 Å². The lowest BCUT2D eigenvalue weighted by molar-refractivity contribution is -0.161. The zero-order valence-corrected chi connectivity index (χ0v) is 14.8. The third-order valence-corrected chi connectivity index (χ3v) is 3.95. The van der Waals surface area contributed by atoms with Crippen LogP contribution in [0.25, 0.3) is 0 Å². The molecule has 7 heteroatoms. The van der Waals surface area contributed by atoms with E-state index in [1.807, 2.05) is 20.8 Å². The van der Waals surface area contributed by atoms with Crippen LogP contribution in [-0.2, 0) is 9.53 Å². The maximum absolute atomic E-state index is 13.6. The molecule has 1 saturated carbocycles. The minimum atomic E-state index is -0.604. The Labute approximate surface area is 146 Å². The van der Waals surface area contributed by atoms with Crippen LogP contribution >= 0.6 is 0 Å². The summed E-state index contributed by atoms with van der Waals surface area (Å²) < 4.78 is 32.2. The van der Waals surface area contributed by atoms with Crippen LogP contribution in [0.1, 0.15) is 46.5 Å². The number of anilines is 1. The second-order valence-electron chi connectivity index (χ2n) is 7.30. The maximum atomic E-state index is 13.6. The van der Waals surface area contributed by atoms with Crippen molar-refractivity contribution in [2.75, 3.05) is 5.32 Å². The van der Waals surface area contributed by atoms with E-state index in [9.17, 15) is 13.6 Å². The largest absolute Gasteiger partial charge is 0.460 e. The number of rotatable bonds is 3. The Balaban J connectivity index is 1.89. The van der Waals surface area contributed by atoms with Gasteiger partial charge < -0.3 is 15.8 Å². The average molecular weight is 353 g/mol. The van der Waals surface area contributed by atoms with Crippen molar-refractivity contribution in [2.45, 2.75) is 58.1 Å². The average Bonchev–Trinajstić information content (AvgIpc) is 2.50. The number of hydrogen-bond acceptors (Lipinski definition) is 3. The fourth-order valence-corrected chi connectivity index (χ4v) is 2.79. The summed E-state index contributed by atoms with van der Waals surface area (Å²) in [5.41, 5.74) is 5.25. The standard InChI is InChI=1S/C18H25F2N3O2/c1-18(2,3)25-16(24)11-4-7-13(8-5-11)22-17(21)23-15-10-12(19)6-9-14(15)20/h6,9-11,13H,4-5,7-8H2,1-3H3,(H3,21,22,23). The van der Waals surface area contributed by atoms with Crippen LogP contribution in [0, 0.1) is 17.6 Å². The van der Waals surface area contributed by atoms with E-state index >= 15 is 0 Å². The fourth-order valence-electron chi connectivity index (χ4n) is 2.79. The first-order chi connectivity index (χ1) is 11.6. The fraction of sp³-hybridized carbons (Fsp3) is 0.556. The lowest BCUT2D eigenvalue weighted by Gasteiger charge is -2.28. The van der Waals surface area contributed by atoms with Gasteiger partial charge in [0.25, 0.3) is 0 Å². The van der Waals surface area contributed by atoms with Crippen molar-refractivity contribution in [3.63, 3.8) is 0 Å². The first kappa shape index (κ1) is 19.1. The molecule has 1 aromatic carbocycles. The predicted molar refractivity (Wildman–Crippen MR) is 93.2 cm³/mol. The highest BCUT2D eigenvalue weighted by molar-refractivity contribution is 5.92. The van der Waals surface area contributed by atoms with E-state index in [1.165, 1.54) is 0 Å². The second-order valence-corrected chi connectivity index (χ2v) is 7.30. The molecule has 1 aliphatic carbocycles. The Kier molecular flexibility index (Phi) is 5.98. The number of nitrogens with one attached hydrogen (secondary N) is 1. The van der Waals surface area contributed by atoms with Crippen molar-refractivity contribution in [3.8, 4) is 0 Å². The molecule has 1 aliphatic rings. The molecule has 0 aliphatic heterocycles. The van der Waals surface area contributed by atoms with Crippen molar-refractivity contribution in [1.29, 1.82) is 0 Å². The lowest BCUT2D eigenvalue weighted by atomic mass is 9.86. The Bertz CT molecular complexity index is 648. The summed E-state index contributed by atoms with van der Waals surface area (Å²) in [4.78, 5) is 16.4. The van der Waals surface area contributed by atoms with Crippen LogP contribution in [0.5, 0.6) is 0 Å². The Morgan fingerprint density at radius 3 is 2.48 bits per heavy atom. The zero-order chi connectivity index (χ0) is 18.6. The van der Waals surface area contributed by atoms with Crippen LogP contribution in [-0.4, -0.2) is 23.6 Å². The molecular weight excluding hydrogens is 328 g/mol. The summed E-state index contributed by atoms with van der Waals surface area (Å²) >= 11 is 0. The number of halogens is 2. The lowest BCUT2D eigenvalue weighted by Crippen LogP contribution is -2.32. The van der Waals surface area contributed by atoms with Crippen molar-refractivity contribution < 1.29 is 18.3 Å². The third-order valence-electron chi connectivity index (χ3n) is 3.95. The van der Waals surface area contributed by atoms with Crippen LogP contribution in [0.4, 0.5) is 14.5 Å². The summed E-state index contributed by atoms with van der Waals surface area (Å²) in [6, 6.07) is 3.03. The van der Waals surface area contributed by atoms with Gasteiger partial charge >= 0.3 is 5.97 Å². The summed E-state index contributed by atoms with van der Waals surface area (Å²) in [5.74, 6) is -1.43. The Morgan fingerprint density at radius 2 is 1.88 bits per heavy atom. The van der Waals surface area contributed by atoms with Crippen molar-refractivity contribution in [1.82, 2.24) is 0 Å². The van der Waals surface area contributed by atoms with Crippen molar-refractivity contribution in [2.24, 2.45) is 16.6 Å². The molecule has 0 aromatic heterocycles. The van der Waals surface area contributed by atoms with E-state index in [0.29, 0.717) is 25.7 Å². The molecule has 2 rings (SSSR count). The number of benzene rings is 1. The molecular formula is C18H25F2N3O2. The van der Waals surface area contributed by atoms with Gasteiger partial charge in [-0.15, -0.1) is 0 Å². The molecule has 3 N–H and O–H groups in total. The number of ether oxygens (including phenoxy) is 1. The molecule has 1 fully saturated rings. The van der Waals surface area contributed by atoms with E-state index in [0.717, 1.165) is 18.2 Å². The molecule has 0 amide bonds. The minimum Gasteiger partial charge on any atom is -0.460 e. The summed E-state index contributed by atoms with van der Waals surface area (Å²) in [6.07, 6.45) is 2.73. The number of carbonyl (C=O) groups excluding carboxylic acids is 1. The number of esters is 1. The first-order valence-corrected chi connectivity index (χ1v) is 8.42.